The molecule has 1 amide bonds. The smallest absolute Gasteiger partial charge is 0.417 e. The fourth-order valence-electron chi connectivity index (χ4n) is 3.19. The SMILES string of the molecule is O=C(NC1CCSC(O)C1)c1ccc2cc(Oc3ccc(C(F)(F)F)cn3)ccc2n1. The Bertz CT molecular complexity index is 1090. The van der Waals surface area contributed by atoms with Gasteiger partial charge in [0, 0.05) is 30.1 Å². The van der Waals surface area contributed by atoms with Gasteiger partial charge in [0.2, 0.25) is 5.88 Å². The summed E-state index contributed by atoms with van der Waals surface area (Å²) in [5.41, 5.74) is -0.492. The quantitative estimate of drug-likeness (QED) is 0.615. The molecule has 0 saturated carbocycles. The molecule has 0 aliphatic carbocycles. The minimum atomic E-state index is -4.46. The Hall–Kier alpha value is -2.85. The molecule has 10 heteroatoms. The van der Waals surface area contributed by atoms with Gasteiger partial charge in [0.25, 0.3) is 5.91 Å². The zero-order valence-electron chi connectivity index (χ0n) is 16.1. The van der Waals surface area contributed by atoms with E-state index in [2.05, 4.69) is 15.3 Å². The summed E-state index contributed by atoms with van der Waals surface area (Å²) in [6.07, 6.45) is -2.45. The summed E-state index contributed by atoms with van der Waals surface area (Å²) in [6, 6.07) is 10.2. The molecular formula is C21H18F3N3O3S. The number of alkyl halides is 3. The van der Waals surface area contributed by atoms with Crippen LogP contribution in [0.3, 0.4) is 0 Å². The molecule has 3 heterocycles. The Morgan fingerprint density at radius 2 is 2.03 bits per heavy atom. The summed E-state index contributed by atoms with van der Waals surface area (Å²) in [4.78, 5) is 20.6. The second-order valence-electron chi connectivity index (χ2n) is 7.06. The van der Waals surface area contributed by atoms with E-state index < -0.39 is 17.2 Å². The molecule has 4 rings (SSSR count). The molecule has 1 saturated heterocycles. The first kappa shape index (κ1) is 21.4. The zero-order chi connectivity index (χ0) is 22.0. The average Bonchev–Trinajstić information content (AvgIpc) is 2.73. The Morgan fingerprint density at radius 3 is 2.74 bits per heavy atom. The van der Waals surface area contributed by atoms with Crippen molar-refractivity contribution in [1.82, 2.24) is 15.3 Å². The number of rotatable bonds is 4. The van der Waals surface area contributed by atoms with Crippen molar-refractivity contribution in [2.75, 3.05) is 5.75 Å². The number of aliphatic hydroxyl groups excluding tert-OH is 1. The van der Waals surface area contributed by atoms with Gasteiger partial charge in [0.05, 0.1) is 11.1 Å². The van der Waals surface area contributed by atoms with Crippen LogP contribution in [0.5, 0.6) is 11.6 Å². The first-order chi connectivity index (χ1) is 14.8. The number of carbonyl (C=O) groups excluding carboxylic acids is 1. The second-order valence-corrected chi connectivity index (χ2v) is 8.34. The number of hydrogen-bond acceptors (Lipinski definition) is 6. The molecule has 31 heavy (non-hydrogen) atoms. The molecule has 0 bridgehead atoms. The summed E-state index contributed by atoms with van der Waals surface area (Å²) in [5, 5.41) is 13.3. The van der Waals surface area contributed by atoms with E-state index in [9.17, 15) is 23.1 Å². The fourth-order valence-corrected chi connectivity index (χ4v) is 4.25. The molecule has 6 nitrogen and oxygen atoms in total. The number of carbonyl (C=O) groups is 1. The third-order valence-electron chi connectivity index (χ3n) is 4.78. The molecule has 0 radical (unpaired) electrons. The van der Waals surface area contributed by atoms with Crippen LogP contribution in [0.4, 0.5) is 13.2 Å². The van der Waals surface area contributed by atoms with Crippen LogP contribution in [0.15, 0.2) is 48.7 Å². The maximum Gasteiger partial charge on any atom is 0.417 e. The van der Waals surface area contributed by atoms with E-state index in [0.717, 1.165) is 24.3 Å². The van der Waals surface area contributed by atoms with Crippen LogP contribution in [0.25, 0.3) is 10.9 Å². The minimum Gasteiger partial charge on any atom is -0.439 e. The monoisotopic (exact) mass is 449 g/mol. The molecule has 0 spiro atoms. The molecule has 1 aliphatic heterocycles. The number of benzene rings is 1. The number of ether oxygens (including phenoxy) is 1. The van der Waals surface area contributed by atoms with Crippen LogP contribution in [0, 0.1) is 0 Å². The lowest BCUT2D eigenvalue weighted by molar-refractivity contribution is -0.137. The van der Waals surface area contributed by atoms with Crippen molar-refractivity contribution >= 4 is 28.6 Å². The van der Waals surface area contributed by atoms with Crippen LogP contribution in [-0.2, 0) is 6.18 Å². The van der Waals surface area contributed by atoms with Gasteiger partial charge in [-0.3, -0.25) is 4.79 Å². The van der Waals surface area contributed by atoms with E-state index in [1.165, 1.54) is 11.8 Å². The highest BCUT2D eigenvalue weighted by atomic mass is 32.2. The molecule has 1 aromatic carbocycles. The van der Waals surface area contributed by atoms with Crippen LogP contribution >= 0.6 is 11.8 Å². The van der Waals surface area contributed by atoms with E-state index in [1.54, 1.807) is 30.3 Å². The molecule has 162 valence electrons. The van der Waals surface area contributed by atoms with E-state index in [1.807, 2.05) is 0 Å². The van der Waals surface area contributed by atoms with Crippen LogP contribution in [-0.4, -0.2) is 38.2 Å². The minimum absolute atomic E-state index is 0.0316. The van der Waals surface area contributed by atoms with Gasteiger partial charge >= 0.3 is 6.18 Å². The molecule has 1 fully saturated rings. The van der Waals surface area contributed by atoms with Gasteiger partial charge in [-0.2, -0.15) is 13.2 Å². The van der Waals surface area contributed by atoms with Crippen molar-refractivity contribution in [2.45, 2.75) is 30.5 Å². The summed E-state index contributed by atoms with van der Waals surface area (Å²) in [6.45, 7) is 0. The van der Waals surface area contributed by atoms with Gasteiger partial charge in [-0.1, -0.05) is 6.07 Å². The van der Waals surface area contributed by atoms with Crippen LogP contribution < -0.4 is 10.1 Å². The number of nitrogens with one attached hydrogen (secondary N) is 1. The number of aromatic nitrogens is 2. The van der Waals surface area contributed by atoms with E-state index in [0.29, 0.717) is 29.3 Å². The number of fused-ring (bicyclic) bond motifs is 1. The first-order valence-electron chi connectivity index (χ1n) is 9.50. The Labute approximate surface area is 179 Å². The van der Waals surface area contributed by atoms with Gasteiger partial charge in [-0.15, -0.1) is 11.8 Å². The van der Waals surface area contributed by atoms with Crippen molar-refractivity contribution in [2.24, 2.45) is 0 Å². The number of aliphatic hydroxyl groups is 1. The van der Waals surface area contributed by atoms with Gasteiger partial charge < -0.3 is 15.2 Å². The van der Waals surface area contributed by atoms with E-state index in [-0.39, 0.29) is 23.5 Å². The average molecular weight is 449 g/mol. The van der Waals surface area contributed by atoms with Crippen LogP contribution in [0.2, 0.25) is 0 Å². The predicted molar refractivity (Wildman–Crippen MR) is 110 cm³/mol. The fraction of sp³-hybridized carbons (Fsp3) is 0.286. The lowest BCUT2D eigenvalue weighted by atomic mass is 10.1. The zero-order valence-corrected chi connectivity index (χ0v) is 16.9. The van der Waals surface area contributed by atoms with Gasteiger partial charge in [0.1, 0.15) is 16.9 Å². The molecule has 2 aromatic heterocycles. The highest BCUT2D eigenvalue weighted by Crippen LogP contribution is 2.30. The predicted octanol–water partition coefficient (Wildman–Crippen LogP) is 4.38. The number of halogens is 3. The van der Waals surface area contributed by atoms with E-state index in [4.69, 9.17) is 4.74 Å². The molecule has 3 aromatic rings. The van der Waals surface area contributed by atoms with Crippen molar-refractivity contribution in [3.63, 3.8) is 0 Å². The van der Waals surface area contributed by atoms with Crippen molar-refractivity contribution < 1.29 is 27.8 Å². The number of thioether (sulfide) groups is 1. The van der Waals surface area contributed by atoms with Gasteiger partial charge in [-0.25, -0.2) is 9.97 Å². The Morgan fingerprint density at radius 1 is 1.19 bits per heavy atom. The summed E-state index contributed by atoms with van der Waals surface area (Å²) < 4.78 is 43.4. The molecule has 1 aliphatic rings. The molecule has 2 unspecified atom stereocenters. The lowest BCUT2D eigenvalue weighted by Crippen LogP contribution is -2.39. The summed E-state index contributed by atoms with van der Waals surface area (Å²) >= 11 is 1.47. The highest BCUT2D eigenvalue weighted by molar-refractivity contribution is 7.99. The normalized spacial score (nSPS) is 19.2. The summed E-state index contributed by atoms with van der Waals surface area (Å²) in [5.74, 6) is 0.894. The topological polar surface area (TPSA) is 84.3 Å². The number of hydrogen-bond donors (Lipinski definition) is 2. The summed E-state index contributed by atoms with van der Waals surface area (Å²) in [7, 11) is 0. The van der Waals surface area contributed by atoms with Crippen molar-refractivity contribution in [1.29, 1.82) is 0 Å². The third kappa shape index (κ3) is 5.26. The van der Waals surface area contributed by atoms with Crippen molar-refractivity contribution in [3.05, 3.63) is 59.9 Å². The Balaban J connectivity index is 1.46. The molecular weight excluding hydrogens is 431 g/mol. The van der Waals surface area contributed by atoms with E-state index >= 15 is 0 Å². The maximum absolute atomic E-state index is 12.6. The first-order valence-corrected chi connectivity index (χ1v) is 10.6. The third-order valence-corrected chi connectivity index (χ3v) is 5.83. The molecule has 2 atom stereocenters. The number of nitrogens with zero attached hydrogens (tertiary/aromatic N) is 2. The lowest BCUT2D eigenvalue weighted by Gasteiger charge is -2.26. The van der Waals surface area contributed by atoms with Gasteiger partial charge in [-0.05, 0) is 42.5 Å². The second kappa shape index (κ2) is 8.72. The standard InChI is InChI=1S/C21H18F3N3O3S/c22-21(23,24)13-2-6-18(25-11-13)30-15-3-5-16-12(9-15)1-4-17(27-16)20(29)26-14-7-8-31-19(28)10-14/h1-6,9,11,14,19,28H,7-8,10H2,(H,26,29). The van der Waals surface area contributed by atoms with Crippen LogP contribution in [0.1, 0.15) is 28.9 Å². The Kier molecular flexibility index (Phi) is 6.01. The largest absolute Gasteiger partial charge is 0.439 e. The highest BCUT2D eigenvalue weighted by Gasteiger charge is 2.30. The molecule has 2 N–H and O–H groups in total. The maximum atomic E-state index is 12.6. The van der Waals surface area contributed by atoms with Crippen molar-refractivity contribution in [3.8, 4) is 11.6 Å². The number of amides is 1. The number of pyridine rings is 2. The van der Waals surface area contributed by atoms with Gasteiger partial charge in [0.15, 0.2) is 0 Å².